The van der Waals surface area contributed by atoms with E-state index in [0.717, 1.165) is 12.0 Å². The Labute approximate surface area is 141 Å². The summed E-state index contributed by atoms with van der Waals surface area (Å²) in [6.07, 6.45) is 3.82. The van der Waals surface area contributed by atoms with E-state index >= 15 is 0 Å². The number of ether oxygens (including phenoxy) is 1. The Bertz CT molecular complexity index is 639. The highest BCUT2D eigenvalue weighted by Crippen LogP contribution is 2.52. The number of hydrogen-bond acceptors (Lipinski definition) is 3. The summed E-state index contributed by atoms with van der Waals surface area (Å²) in [4.78, 5) is 26.0. The van der Waals surface area contributed by atoms with Gasteiger partial charge in [0.05, 0.1) is 12.0 Å². The van der Waals surface area contributed by atoms with Crippen LogP contribution in [0.4, 0.5) is 4.39 Å². The molecule has 24 heavy (non-hydrogen) atoms. The molecule has 1 aromatic rings. The molecule has 4 nitrogen and oxygen atoms in total. The van der Waals surface area contributed by atoms with Gasteiger partial charge >= 0.3 is 5.97 Å². The van der Waals surface area contributed by atoms with Crippen LogP contribution in [0.2, 0.25) is 0 Å². The van der Waals surface area contributed by atoms with Crippen molar-refractivity contribution in [3.63, 3.8) is 0 Å². The third-order valence-corrected chi connectivity index (χ3v) is 5.15. The lowest BCUT2D eigenvalue weighted by Gasteiger charge is -2.43. The maximum atomic E-state index is 14.6. The molecule has 0 bridgehead atoms. The minimum atomic E-state index is -1.64. The van der Waals surface area contributed by atoms with Crippen molar-refractivity contribution in [1.82, 2.24) is 4.90 Å². The Kier molecular flexibility index (Phi) is 4.69. The van der Waals surface area contributed by atoms with Gasteiger partial charge in [0.15, 0.2) is 6.17 Å². The third-order valence-electron chi connectivity index (χ3n) is 5.15. The van der Waals surface area contributed by atoms with Crippen molar-refractivity contribution in [1.29, 1.82) is 0 Å². The summed E-state index contributed by atoms with van der Waals surface area (Å²) in [7, 11) is 0. The Balaban J connectivity index is 1.76. The lowest BCUT2D eigenvalue weighted by atomic mass is 9.60. The van der Waals surface area contributed by atoms with Crippen molar-refractivity contribution in [2.24, 2.45) is 11.3 Å². The largest absolute Gasteiger partial charge is 0.466 e. The molecular weight excluding hydrogens is 309 g/mol. The maximum absolute atomic E-state index is 14.6. The molecule has 1 saturated heterocycles. The van der Waals surface area contributed by atoms with Gasteiger partial charge in [-0.3, -0.25) is 9.59 Å². The van der Waals surface area contributed by atoms with E-state index < -0.39 is 23.4 Å². The predicted molar refractivity (Wildman–Crippen MR) is 88.5 cm³/mol. The maximum Gasteiger partial charge on any atom is 0.312 e. The molecule has 0 aromatic heterocycles. The molecule has 1 aliphatic carbocycles. The highest BCUT2D eigenvalue weighted by atomic mass is 19.1. The van der Waals surface area contributed by atoms with Gasteiger partial charge < -0.3 is 9.64 Å². The average Bonchev–Trinajstić information content (AvgIpc) is 2.82. The first-order chi connectivity index (χ1) is 11.6. The third kappa shape index (κ3) is 2.83. The number of nitrogens with zero attached hydrogens (tertiary/aromatic N) is 1. The van der Waals surface area contributed by atoms with Crippen molar-refractivity contribution < 1.29 is 18.7 Å². The quantitative estimate of drug-likeness (QED) is 0.779. The number of amides is 1. The summed E-state index contributed by atoms with van der Waals surface area (Å²) in [5, 5.41) is 0. The fourth-order valence-electron chi connectivity index (χ4n) is 3.61. The molecule has 0 spiro atoms. The minimum absolute atomic E-state index is 0.224. The predicted octanol–water partition coefficient (Wildman–Crippen LogP) is 3.19. The molecule has 3 rings (SSSR count). The van der Waals surface area contributed by atoms with E-state index in [0.29, 0.717) is 12.8 Å². The first-order valence-corrected chi connectivity index (χ1v) is 8.43. The van der Waals surface area contributed by atoms with Gasteiger partial charge in [0.2, 0.25) is 0 Å². The van der Waals surface area contributed by atoms with Gasteiger partial charge in [-0.05, 0) is 31.4 Å². The van der Waals surface area contributed by atoms with Gasteiger partial charge in [0.25, 0.3) is 5.91 Å². The van der Waals surface area contributed by atoms with Gasteiger partial charge in [-0.25, -0.2) is 4.39 Å². The monoisotopic (exact) mass is 331 g/mol. The van der Waals surface area contributed by atoms with Crippen LogP contribution in [0.25, 0.3) is 6.08 Å². The van der Waals surface area contributed by atoms with Crippen molar-refractivity contribution in [2.75, 3.05) is 13.2 Å². The van der Waals surface area contributed by atoms with Crippen LogP contribution in [0, 0.1) is 11.3 Å². The molecule has 0 N–H and O–H groups in total. The number of benzene rings is 1. The summed E-state index contributed by atoms with van der Waals surface area (Å²) in [5.41, 5.74) is 0.105. The molecule has 5 heteroatoms. The number of rotatable bonds is 5. The zero-order valence-electron chi connectivity index (χ0n) is 13.8. The Morgan fingerprint density at radius 2 is 2.08 bits per heavy atom. The van der Waals surface area contributed by atoms with Crippen LogP contribution in [-0.4, -0.2) is 36.1 Å². The first-order valence-electron chi connectivity index (χ1n) is 8.43. The normalized spacial score (nSPS) is 25.8. The van der Waals surface area contributed by atoms with E-state index in [1.807, 2.05) is 30.3 Å². The standard InChI is InChI=1S/C19H22FNO3/c1-2-24-18(23)19(10-6-11-19)15-13-21(17(22)16(15)20)12-9-14-7-4-3-5-8-14/h3-5,7-9,12,15-16H,2,6,10-11,13H2,1H3/b12-9+. The number of halogens is 1. The number of carbonyl (C=O) groups excluding carboxylic acids is 2. The highest BCUT2D eigenvalue weighted by Gasteiger charge is 2.59. The molecular formula is C19H22FNO3. The first kappa shape index (κ1) is 16.7. The van der Waals surface area contributed by atoms with Gasteiger partial charge in [0.1, 0.15) is 0 Å². The summed E-state index contributed by atoms with van der Waals surface area (Å²) in [5.74, 6) is -1.55. The lowest BCUT2D eigenvalue weighted by molar-refractivity contribution is -0.168. The van der Waals surface area contributed by atoms with Crippen molar-refractivity contribution in [2.45, 2.75) is 32.4 Å². The van der Waals surface area contributed by atoms with Crippen LogP contribution in [0.5, 0.6) is 0 Å². The van der Waals surface area contributed by atoms with Gasteiger partial charge in [-0.1, -0.05) is 36.8 Å². The van der Waals surface area contributed by atoms with E-state index in [9.17, 15) is 14.0 Å². The molecule has 0 radical (unpaired) electrons. The molecule has 2 aliphatic rings. The average molecular weight is 331 g/mol. The van der Waals surface area contributed by atoms with Crippen LogP contribution in [-0.2, 0) is 14.3 Å². The second-order valence-electron chi connectivity index (χ2n) is 6.46. The van der Waals surface area contributed by atoms with Crippen LogP contribution in [0.1, 0.15) is 31.7 Å². The van der Waals surface area contributed by atoms with Crippen molar-refractivity contribution in [3.05, 3.63) is 42.1 Å². The number of alkyl halides is 1. The van der Waals surface area contributed by atoms with Crippen LogP contribution >= 0.6 is 0 Å². The van der Waals surface area contributed by atoms with Crippen LogP contribution in [0.3, 0.4) is 0 Å². The van der Waals surface area contributed by atoms with Crippen molar-refractivity contribution >= 4 is 18.0 Å². The lowest BCUT2D eigenvalue weighted by Crippen LogP contribution is -2.49. The Morgan fingerprint density at radius 3 is 2.67 bits per heavy atom. The molecule has 2 unspecified atom stereocenters. The van der Waals surface area contributed by atoms with E-state index in [4.69, 9.17) is 4.74 Å². The smallest absolute Gasteiger partial charge is 0.312 e. The number of hydrogen-bond donors (Lipinski definition) is 0. The molecule has 1 amide bonds. The van der Waals surface area contributed by atoms with E-state index in [1.54, 1.807) is 19.2 Å². The van der Waals surface area contributed by atoms with E-state index in [-0.39, 0.29) is 19.1 Å². The highest BCUT2D eigenvalue weighted by molar-refractivity contribution is 5.88. The van der Waals surface area contributed by atoms with Crippen molar-refractivity contribution in [3.8, 4) is 0 Å². The van der Waals surface area contributed by atoms with Gasteiger partial charge in [-0.15, -0.1) is 0 Å². The topological polar surface area (TPSA) is 46.6 Å². The van der Waals surface area contributed by atoms with E-state index in [2.05, 4.69) is 0 Å². The van der Waals surface area contributed by atoms with E-state index in [1.165, 1.54) is 4.90 Å². The fraction of sp³-hybridized carbons (Fsp3) is 0.474. The number of esters is 1. The molecule has 1 heterocycles. The molecule has 128 valence electrons. The summed E-state index contributed by atoms with van der Waals surface area (Å²) in [6, 6.07) is 9.53. The van der Waals surface area contributed by atoms with Crippen LogP contribution in [0.15, 0.2) is 36.5 Å². The van der Waals surface area contributed by atoms with Gasteiger partial charge in [-0.2, -0.15) is 0 Å². The van der Waals surface area contributed by atoms with Crippen LogP contribution < -0.4 is 0 Å². The zero-order valence-corrected chi connectivity index (χ0v) is 13.8. The minimum Gasteiger partial charge on any atom is -0.466 e. The Hall–Kier alpha value is -2.17. The number of likely N-dealkylation sites (tertiary alicyclic amines) is 1. The SMILES string of the molecule is CCOC(=O)C1(C2CN(/C=C/c3ccccc3)C(=O)C2F)CCC1. The van der Waals surface area contributed by atoms with Gasteiger partial charge in [0, 0.05) is 18.7 Å². The molecule has 2 fully saturated rings. The number of carbonyl (C=O) groups is 2. The molecule has 1 aliphatic heterocycles. The Morgan fingerprint density at radius 1 is 1.38 bits per heavy atom. The zero-order chi connectivity index (χ0) is 17.2. The summed E-state index contributed by atoms with van der Waals surface area (Å²) < 4.78 is 19.8. The molecule has 1 aromatic carbocycles. The summed E-state index contributed by atoms with van der Waals surface area (Å²) >= 11 is 0. The molecule has 2 atom stereocenters. The second kappa shape index (κ2) is 6.75. The second-order valence-corrected chi connectivity index (χ2v) is 6.46. The molecule has 1 saturated carbocycles. The fourth-order valence-corrected chi connectivity index (χ4v) is 3.61. The summed E-state index contributed by atoms with van der Waals surface area (Å²) in [6.45, 7) is 2.24.